The Hall–Kier alpha value is -1.91. The summed E-state index contributed by atoms with van der Waals surface area (Å²) in [6.07, 6.45) is 8.32. The number of pyridine rings is 1. The van der Waals surface area contributed by atoms with E-state index in [1.54, 1.807) is 12.3 Å². The SMILES string of the molecule is O=[N+]([O-])c1cccnc1NCCC1=CCCC1. The lowest BCUT2D eigenvalue weighted by Crippen LogP contribution is -2.06. The van der Waals surface area contributed by atoms with Crippen LogP contribution in [0.4, 0.5) is 11.5 Å². The smallest absolute Gasteiger partial charge is 0.311 e. The third-order valence-corrected chi connectivity index (χ3v) is 2.86. The van der Waals surface area contributed by atoms with Gasteiger partial charge < -0.3 is 5.32 Å². The number of anilines is 1. The fourth-order valence-electron chi connectivity index (χ4n) is 1.99. The molecule has 1 aliphatic rings. The number of hydrogen-bond acceptors (Lipinski definition) is 4. The molecule has 0 fully saturated rings. The van der Waals surface area contributed by atoms with E-state index in [2.05, 4.69) is 16.4 Å². The molecule has 2 rings (SSSR count). The van der Waals surface area contributed by atoms with E-state index in [1.165, 1.54) is 24.5 Å². The topological polar surface area (TPSA) is 68.1 Å². The molecule has 1 N–H and O–H groups in total. The zero-order valence-electron chi connectivity index (χ0n) is 9.56. The molecule has 1 aromatic rings. The van der Waals surface area contributed by atoms with Crippen molar-refractivity contribution in [1.29, 1.82) is 0 Å². The van der Waals surface area contributed by atoms with Crippen LogP contribution in [0.15, 0.2) is 30.0 Å². The highest BCUT2D eigenvalue weighted by molar-refractivity contribution is 5.55. The average Bonchev–Trinajstić information content (AvgIpc) is 2.82. The molecule has 1 aliphatic carbocycles. The molecule has 0 saturated carbocycles. The second-order valence-electron chi connectivity index (χ2n) is 4.06. The monoisotopic (exact) mass is 233 g/mol. The minimum atomic E-state index is -0.413. The lowest BCUT2D eigenvalue weighted by Gasteiger charge is -2.06. The van der Waals surface area contributed by atoms with Gasteiger partial charge in [0.25, 0.3) is 0 Å². The van der Waals surface area contributed by atoms with E-state index in [0.29, 0.717) is 12.4 Å². The van der Waals surface area contributed by atoms with Crippen LogP contribution in [0, 0.1) is 10.1 Å². The van der Waals surface area contributed by atoms with E-state index >= 15 is 0 Å². The van der Waals surface area contributed by atoms with E-state index in [-0.39, 0.29) is 5.69 Å². The van der Waals surface area contributed by atoms with Gasteiger partial charge >= 0.3 is 5.69 Å². The van der Waals surface area contributed by atoms with Gasteiger partial charge in [-0.25, -0.2) is 4.98 Å². The number of aromatic nitrogens is 1. The highest BCUT2D eigenvalue weighted by Gasteiger charge is 2.13. The Balaban J connectivity index is 1.92. The summed E-state index contributed by atoms with van der Waals surface area (Å²) in [6, 6.07) is 3.03. The van der Waals surface area contributed by atoms with E-state index in [1.807, 2.05) is 0 Å². The van der Waals surface area contributed by atoms with Crippen LogP contribution in [0.25, 0.3) is 0 Å². The van der Waals surface area contributed by atoms with Gasteiger partial charge in [0.2, 0.25) is 5.82 Å². The third kappa shape index (κ3) is 3.03. The Morgan fingerprint density at radius 3 is 3.12 bits per heavy atom. The zero-order chi connectivity index (χ0) is 12.1. The Labute approximate surface area is 99.7 Å². The largest absolute Gasteiger partial charge is 0.364 e. The van der Waals surface area contributed by atoms with Crippen molar-refractivity contribution in [2.75, 3.05) is 11.9 Å². The summed E-state index contributed by atoms with van der Waals surface area (Å²) < 4.78 is 0. The van der Waals surface area contributed by atoms with Crippen molar-refractivity contribution in [3.8, 4) is 0 Å². The maximum absolute atomic E-state index is 10.8. The van der Waals surface area contributed by atoms with Gasteiger partial charge in [0.05, 0.1) is 4.92 Å². The molecular formula is C12H15N3O2. The molecule has 90 valence electrons. The van der Waals surface area contributed by atoms with Gasteiger partial charge in [-0.3, -0.25) is 10.1 Å². The first-order chi connectivity index (χ1) is 8.27. The van der Waals surface area contributed by atoms with E-state index in [9.17, 15) is 10.1 Å². The number of nitrogens with zero attached hydrogens (tertiary/aromatic N) is 2. The Morgan fingerprint density at radius 2 is 2.41 bits per heavy atom. The highest BCUT2D eigenvalue weighted by Crippen LogP contribution is 2.23. The Kier molecular flexibility index (Phi) is 3.69. The molecule has 5 heteroatoms. The number of rotatable bonds is 5. The minimum Gasteiger partial charge on any atom is -0.364 e. The quantitative estimate of drug-likeness (QED) is 0.482. The summed E-state index contributed by atoms with van der Waals surface area (Å²) in [5, 5.41) is 13.8. The van der Waals surface area contributed by atoms with Crippen LogP contribution in [0.1, 0.15) is 25.7 Å². The third-order valence-electron chi connectivity index (χ3n) is 2.86. The van der Waals surface area contributed by atoms with Crippen LogP contribution in [-0.2, 0) is 0 Å². The lowest BCUT2D eigenvalue weighted by molar-refractivity contribution is -0.384. The maximum atomic E-state index is 10.8. The van der Waals surface area contributed by atoms with Crippen molar-refractivity contribution in [1.82, 2.24) is 4.98 Å². The van der Waals surface area contributed by atoms with Gasteiger partial charge in [-0.05, 0) is 31.7 Å². The number of nitro groups is 1. The molecule has 0 saturated heterocycles. The van der Waals surface area contributed by atoms with Gasteiger partial charge in [-0.1, -0.05) is 11.6 Å². The summed E-state index contributed by atoms with van der Waals surface area (Å²) in [6.45, 7) is 0.698. The Morgan fingerprint density at radius 1 is 1.53 bits per heavy atom. The van der Waals surface area contributed by atoms with Gasteiger partial charge in [0, 0.05) is 18.8 Å². The second kappa shape index (κ2) is 5.43. The first-order valence-electron chi connectivity index (χ1n) is 5.78. The molecule has 1 aromatic heterocycles. The van der Waals surface area contributed by atoms with Gasteiger partial charge in [-0.2, -0.15) is 0 Å². The summed E-state index contributed by atoms with van der Waals surface area (Å²) in [7, 11) is 0. The maximum Gasteiger partial charge on any atom is 0.311 e. The van der Waals surface area contributed by atoms with E-state index < -0.39 is 4.92 Å². The molecular weight excluding hydrogens is 218 g/mol. The molecule has 1 heterocycles. The van der Waals surface area contributed by atoms with Crippen molar-refractivity contribution >= 4 is 11.5 Å². The van der Waals surface area contributed by atoms with E-state index in [4.69, 9.17) is 0 Å². The summed E-state index contributed by atoms with van der Waals surface area (Å²) >= 11 is 0. The average molecular weight is 233 g/mol. The van der Waals surface area contributed by atoms with Gasteiger partial charge in [0.15, 0.2) is 0 Å². The number of allylic oxidation sites excluding steroid dienone is 1. The molecule has 0 radical (unpaired) electrons. The van der Waals surface area contributed by atoms with Crippen molar-refractivity contribution < 1.29 is 4.92 Å². The van der Waals surface area contributed by atoms with Crippen LogP contribution in [-0.4, -0.2) is 16.5 Å². The summed E-state index contributed by atoms with van der Waals surface area (Å²) in [4.78, 5) is 14.3. The van der Waals surface area contributed by atoms with Crippen molar-refractivity contribution in [2.24, 2.45) is 0 Å². The first kappa shape index (κ1) is 11.6. The standard InChI is InChI=1S/C12H15N3O2/c16-15(17)11-6-3-8-13-12(11)14-9-7-10-4-1-2-5-10/h3-4,6,8H,1-2,5,7,9H2,(H,13,14). The number of hydrogen-bond donors (Lipinski definition) is 1. The normalized spacial score (nSPS) is 14.5. The predicted molar refractivity (Wildman–Crippen MR) is 65.9 cm³/mol. The lowest BCUT2D eigenvalue weighted by atomic mass is 10.2. The molecule has 0 bridgehead atoms. The molecule has 0 atom stereocenters. The van der Waals surface area contributed by atoms with Crippen LogP contribution in [0.3, 0.4) is 0 Å². The van der Waals surface area contributed by atoms with Crippen LogP contribution in [0.2, 0.25) is 0 Å². The highest BCUT2D eigenvalue weighted by atomic mass is 16.6. The van der Waals surface area contributed by atoms with Crippen LogP contribution >= 0.6 is 0 Å². The molecule has 17 heavy (non-hydrogen) atoms. The fourth-order valence-corrected chi connectivity index (χ4v) is 1.99. The number of nitrogens with one attached hydrogen (secondary N) is 1. The van der Waals surface area contributed by atoms with Crippen LogP contribution in [0.5, 0.6) is 0 Å². The zero-order valence-corrected chi connectivity index (χ0v) is 9.56. The first-order valence-corrected chi connectivity index (χ1v) is 5.78. The molecule has 0 unspecified atom stereocenters. The van der Waals surface area contributed by atoms with E-state index in [0.717, 1.165) is 12.8 Å². The summed E-state index contributed by atoms with van der Waals surface area (Å²) in [5.41, 5.74) is 1.48. The Bertz CT molecular complexity index is 443. The van der Waals surface area contributed by atoms with Gasteiger partial charge in [-0.15, -0.1) is 0 Å². The minimum absolute atomic E-state index is 0.0351. The predicted octanol–water partition coefficient (Wildman–Crippen LogP) is 2.90. The van der Waals surface area contributed by atoms with Gasteiger partial charge in [0.1, 0.15) is 0 Å². The summed E-state index contributed by atoms with van der Waals surface area (Å²) in [5.74, 6) is 0.357. The van der Waals surface area contributed by atoms with Crippen molar-refractivity contribution in [3.05, 3.63) is 40.1 Å². The second-order valence-corrected chi connectivity index (χ2v) is 4.06. The van der Waals surface area contributed by atoms with Crippen LogP contribution < -0.4 is 5.32 Å². The molecule has 0 spiro atoms. The molecule has 0 aromatic carbocycles. The molecule has 5 nitrogen and oxygen atoms in total. The molecule has 0 aliphatic heterocycles. The fraction of sp³-hybridized carbons (Fsp3) is 0.417. The van der Waals surface area contributed by atoms with Crippen molar-refractivity contribution in [2.45, 2.75) is 25.7 Å². The molecule has 0 amide bonds. The van der Waals surface area contributed by atoms with Crippen molar-refractivity contribution in [3.63, 3.8) is 0 Å².